The van der Waals surface area contributed by atoms with Gasteiger partial charge >= 0.3 is 0 Å². The minimum absolute atomic E-state index is 0.102. The number of nitrogens with one attached hydrogen (secondary N) is 2. The lowest BCUT2D eigenvalue weighted by Crippen LogP contribution is -2.21. The van der Waals surface area contributed by atoms with Crippen LogP contribution >= 0.6 is 0 Å². The molecule has 1 aliphatic heterocycles. The number of carbonyl (C=O) groups is 2. The van der Waals surface area contributed by atoms with Gasteiger partial charge in [0.25, 0.3) is 0 Å². The van der Waals surface area contributed by atoms with E-state index in [0.29, 0.717) is 17.9 Å². The summed E-state index contributed by atoms with van der Waals surface area (Å²) in [5.41, 5.74) is 3.63. The molecule has 6 heteroatoms. The zero-order valence-corrected chi connectivity index (χ0v) is 16.9. The van der Waals surface area contributed by atoms with Gasteiger partial charge in [-0.15, -0.1) is 0 Å². The average molecular weight is 393 g/mol. The van der Waals surface area contributed by atoms with Crippen LogP contribution in [0.15, 0.2) is 42.5 Å². The van der Waals surface area contributed by atoms with E-state index in [2.05, 4.69) is 15.5 Å². The van der Waals surface area contributed by atoms with Crippen LogP contribution in [0.1, 0.15) is 24.8 Å². The molecule has 2 aromatic carbocycles. The summed E-state index contributed by atoms with van der Waals surface area (Å²) in [5.74, 6) is -0.217. The van der Waals surface area contributed by atoms with Crippen molar-refractivity contribution in [3.8, 4) is 5.75 Å². The summed E-state index contributed by atoms with van der Waals surface area (Å²) in [5, 5.41) is 5.84. The van der Waals surface area contributed by atoms with Crippen molar-refractivity contribution in [1.82, 2.24) is 0 Å². The first-order chi connectivity index (χ1) is 14.0. The number of ether oxygens (including phenoxy) is 1. The number of hydrogen-bond acceptors (Lipinski definition) is 4. The Labute approximate surface area is 171 Å². The molecule has 2 fully saturated rings. The Balaban J connectivity index is 1.32. The predicted molar refractivity (Wildman–Crippen MR) is 114 cm³/mol. The quantitative estimate of drug-likeness (QED) is 0.783. The first-order valence-corrected chi connectivity index (χ1v) is 10.2. The van der Waals surface area contributed by atoms with Gasteiger partial charge in [0, 0.05) is 24.5 Å². The number of anilines is 3. The van der Waals surface area contributed by atoms with E-state index in [9.17, 15) is 9.59 Å². The maximum absolute atomic E-state index is 12.6. The minimum Gasteiger partial charge on any atom is -0.495 e. The summed E-state index contributed by atoms with van der Waals surface area (Å²) in [4.78, 5) is 27.4. The minimum atomic E-state index is -0.302. The fraction of sp³-hybridized carbons (Fsp3) is 0.391. The molecule has 0 spiro atoms. The van der Waals surface area contributed by atoms with Gasteiger partial charge in [-0.2, -0.15) is 0 Å². The van der Waals surface area contributed by atoms with E-state index >= 15 is 0 Å². The van der Waals surface area contributed by atoms with E-state index in [1.54, 1.807) is 7.11 Å². The molecular weight excluding hydrogens is 366 g/mol. The highest BCUT2D eigenvalue weighted by Crippen LogP contribution is 2.41. The van der Waals surface area contributed by atoms with E-state index in [4.69, 9.17) is 4.74 Å². The summed E-state index contributed by atoms with van der Waals surface area (Å²) in [7, 11) is 1.57. The van der Waals surface area contributed by atoms with Crippen LogP contribution in [0.3, 0.4) is 0 Å². The Morgan fingerprint density at radius 3 is 2.28 bits per heavy atom. The second-order valence-corrected chi connectivity index (χ2v) is 7.87. The molecule has 1 saturated heterocycles. The topological polar surface area (TPSA) is 70.7 Å². The van der Waals surface area contributed by atoms with Crippen molar-refractivity contribution in [3.63, 3.8) is 0 Å². The first-order valence-electron chi connectivity index (χ1n) is 10.2. The number of methoxy groups -OCH3 is 1. The van der Waals surface area contributed by atoms with Crippen molar-refractivity contribution in [2.45, 2.75) is 26.2 Å². The Morgan fingerprint density at radius 2 is 1.62 bits per heavy atom. The lowest BCUT2D eigenvalue weighted by atomic mass is 10.2. The molecule has 2 aromatic rings. The highest BCUT2D eigenvalue weighted by molar-refractivity contribution is 6.03. The molecular formula is C23H27N3O3. The standard InChI is InChI=1S/C23H27N3O3/c1-15-5-10-21(29-2)20(13-15)25-23(28)19-14-18(19)22(27)24-16-6-8-17(9-7-16)26-11-3-4-12-26/h5-10,13,18-19H,3-4,11-12,14H2,1-2H3,(H,24,27)(H,25,28). The van der Waals surface area contributed by atoms with E-state index in [1.807, 2.05) is 49.4 Å². The van der Waals surface area contributed by atoms with Crippen molar-refractivity contribution >= 4 is 28.9 Å². The van der Waals surface area contributed by atoms with Crippen LogP contribution in [0.25, 0.3) is 0 Å². The number of nitrogens with zero attached hydrogens (tertiary/aromatic N) is 1. The molecule has 152 valence electrons. The van der Waals surface area contributed by atoms with Crippen LogP contribution < -0.4 is 20.3 Å². The van der Waals surface area contributed by atoms with Crippen molar-refractivity contribution in [2.75, 3.05) is 35.7 Å². The third kappa shape index (κ3) is 4.36. The maximum atomic E-state index is 12.6. The van der Waals surface area contributed by atoms with Gasteiger partial charge in [-0.05, 0) is 68.1 Å². The number of hydrogen-bond donors (Lipinski definition) is 2. The molecule has 0 radical (unpaired) electrons. The predicted octanol–water partition coefficient (Wildman–Crippen LogP) is 3.82. The third-order valence-electron chi connectivity index (χ3n) is 5.68. The van der Waals surface area contributed by atoms with Gasteiger partial charge in [0.05, 0.1) is 24.6 Å². The zero-order valence-electron chi connectivity index (χ0n) is 16.9. The Bertz CT molecular complexity index is 904. The molecule has 6 nitrogen and oxygen atoms in total. The Hall–Kier alpha value is -3.02. The molecule has 2 amide bonds. The number of benzene rings is 2. The largest absolute Gasteiger partial charge is 0.495 e. The monoisotopic (exact) mass is 393 g/mol. The highest BCUT2D eigenvalue weighted by atomic mass is 16.5. The number of rotatable bonds is 6. The van der Waals surface area contributed by atoms with Crippen molar-refractivity contribution in [2.24, 2.45) is 11.8 Å². The number of carbonyl (C=O) groups excluding carboxylic acids is 2. The second kappa shape index (κ2) is 8.15. The van der Waals surface area contributed by atoms with Crippen LogP contribution in [0.2, 0.25) is 0 Å². The molecule has 0 aromatic heterocycles. The Kier molecular flexibility index (Phi) is 5.43. The number of aryl methyl sites for hydroxylation is 1. The van der Waals surface area contributed by atoms with E-state index in [-0.39, 0.29) is 23.7 Å². The molecule has 4 rings (SSSR count). The van der Waals surface area contributed by atoms with Gasteiger partial charge in [0.15, 0.2) is 0 Å². The molecule has 29 heavy (non-hydrogen) atoms. The fourth-order valence-corrected chi connectivity index (χ4v) is 3.89. The molecule has 0 bridgehead atoms. The molecule has 2 unspecified atom stereocenters. The van der Waals surface area contributed by atoms with E-state index in [1.165, 1.54) is 18.5 Å². The first kappa shape index (κ1) is 19.3. The van der Waals surface area contributed by atoms with Gasteiger partial charge < -0.3 is 20.3 Å². The molecule has 2 atom stereocenters. The van der Waals surface area contributed by atoms with Crippen molar-refractivity contribution < 1.29 is 14.3 Å². The van der Waals surface area contributed by atoms with Gasteiger partial charge in [-0.3, -0.25) is 9.59 Å². The van der Waals surface area contributed by atoms with Crippen molar-refractivity contribution in [3.05, 3.63) is 48.0 Å². The SMILES string of the molecule is COc1ccc(C)cc1NC(=O)C1CC1C(=O)Nc1ccc(N2CCCC2)cc1. The molecule has 1 saturated carbocycles. The maximum Gasteiger partial charge on any atom is 0.228 e. The fourth-order valence-electron chi connectivity index (χ4n) is 3.89. The third-order valence-corrected chi connectivity index (χ3v) is 5.68. The van der Waals surface area contributed by atoms with Crippen LogP contribution in [-0.4, -0.2) is 32.0 Å². The zero-order chi connectivity index (χ0) is 20.4. The average Bonchev–Trinajstić information content (AvgIpc) is 3.35. The summed E-state index contributed by atoms with van der Waals surface area (Å²) in [6.07, 6.45) is 3.04. The Morgan fingerprint density at radius 1 is 0.966 bits per heavy atom. The smallest absolute Gasteiger partial charge is 0.228 e. The molecule has 2 aliphatic rings. The summed E-state index contributed by atoms with van der Waals surface area (Å²) < 4.78 is 5.30. The van der Waals surface area contributed by atoms with Crippen LogP contribution in [0.5, 0.6) is 5.75 Å². The normalized spacial score (nSPS) is 20.3. The van der Waals surface area contributed by atoms with E-state index < -0.39 is 0 Å². The van der Waals surface area contributed by atoms with Crippen LogP contribution in [0.4, 0.5) is 17.1 Å². The van der Waals surface area contributed by atoms with E-state index in [0.717, 1.165) is 24.3 Å². The molecule has 1 aliphatic carbocycles. The molecule has 1 heterocycles. The second-order valence-electron chi connectivity index (χ2n) is 7.87. The van der Waals surface area contributed by atoms with Gasteiger partial charge in [-0.1, -0.05) is 6.07 Å². The van der Waals surface area contributed by atoms with Gasteiger partial charge in [0.1, 0.15) is 5.75 Å². The highest BCUT2D eigenvalue weighted by Gasteiger charge is 2.48. The van der Waals surface area contributed by atoms with Gasteiger partial charge in [-0.25, -0.2) is 0 Å². The lowest BCUT2D eigenvalue weighted by Gasteiger charge is -2.17. The number of amides is 2. The lowest BCUT2D eigenvalue weighted by molar-refractivity contribution is -0.122. The van der Waals surface area contributed by atoms with Crippen LogP contribution in [0, 0.1) is 18.8 Å². The van der Waals surface area contributed by atoms with Crippen LogP contribution in [-0.2, 0) is 9.59 Å². The summed E-state index contributed by atoms with van der Waals surface area (Å²) >= 11 is 0. The van der Waals surface area contributed by atoms with Gasteiger partial charge in [0.2, 0.25) is 11.8 Å². The summed E-state index contributed by atoms with van der Waals surface area (Å²) in [6.45, 7) is 4.14. The summed E-state index contributed by atoms with van der Waals surface area (Å²) in [6, 6.07) is 13.6. The van der Waals surface area contributed by atoms with Crippen molar-refractivity contribution in [1.29, 1.82) is 0 Å². The molecule has 2 N–H and O–H groups in total.